The number of benzene rings is 3. The molecule has 3 aromatic rings. The minimum Gasteiger partial charge on any atom is -0.376 e. The molecule has 0 spiro atoms. The second kappa shape index (κ2) is 8.42. The lowest BCUT2D eigenvalue weighted by Gasteiger charge is -2.17. The van der Waals surface area contributed by atoms with Gasteiger partial charge in [0.05, 0.1) is 0 Å². The molecule has 0 fully saturated rings. The van der Waals surface area contributed by atoms with Gasteiger partial charge >= 0.3 is 15.6 Å². The quantitative estimate of drug-likeness (QED) is 0.331. The number of hydrogen-bond donors (Lipinski definition) is 0. The van der Waals surface area contributed by atoms with Gasteiger partial charge in [-0.15, -0.1) is 0 Å². The Labute approximate surface area is 181 Å². The summed E-state index contributed by atoms with van der Waals surface area (Å²) in [4.78, 5) is 0. The molecule has 31 heavy (non-hydrogen) atoms. The molecular formula is C23H21BF3O3S. The van der Waals surface area contributed by atoms with Crippen LogP contribution in [0.3, 0.4) is 0 Å². The van der Waals surface area contributed by atoms with Crippen LogP contribution in [0.2, 0.25) is 0 Å². The Bertz CT molecular complexity index is 1170. The van der Waals surface area contributed by atoms with Crippen LogP contribution in [0.1, 0.15) is 22.3 Å². The summed E-state index contributed by atoms with van der Waals surface area (Å²) in [6, 6.07) is 16.8. The fourth-order valence-electron chi connectivity index (χ4n) is 3.53. The Morgan fingerprint density at radius 3 is 1.65 bits per heavy atom. The Kier molecular flexibility index (Phi) is 6.23. The second-order valence-corrected chi connectivity index (χ2v) is 9.03. The van der Waals surface area contributed by atoms with Crippen molar-refractivity contribution in [3.63, 3.8) is 0 Å². The van der Waals surface area contributed by atoms with Crippen LogP contribution in [-0.2, 0) is 10.1 Å². The average Bonchev–Trinajstić information content (AvgIpc) is 2.65. The third-order valence-corrected chi connectivity index (χ3v) is 6.02. The largest absolute Gasteiger partial charge is 0.534 e. The monoisotopic (exact) mass is 445 g/mol. The minimum absolute atomic E-state index is 0.364. The van der Waals surface area contributed by atoms with Gasteiger partial charge in [-0.05, 0) is 51.0 Å². The summed E-state index contributed by atoms with van der Waals surface area (Å²) in [5.41, 5.74) is 1.86. The maximum Gasteiger partial charge on any atom is 0.534 e. The highest BCUT2D eigenvalue weighted by Gasteiger charge is 2.48. The van der Waals surface area contributed by atoms with Crippen molar-refractivity contribution in [2.75, 3.05) is 0 Å². The van der Waals surface area contributed by atoms with Crippen molar-refractivity contribution in [2.45, 2.75) is 33.2 Å². The van der Waals surface area contributed by atoms with Crippen LogP contribution in [0, 0.1) is 27.7 Å². The van der Waals surface area contributed by atoms with Crippen LogP contribution in [0.15, 0.2) is 54.6 Å². The topological polar surface area (TPSA) is 43.4 Å². The first-order valence-corrected chi connectivity index (χ1v) is 10.9. The van der Waals surface area contributed by atoms with Crippen molar-refractivity contribution >= 4 is 28.3 Å². The van der Waals surface area contributed by atoms with Gasteiger partial charge in [-0.1, -0.05) is 75.6 Å². The van der Waals surface area contributed by atoms with E-state index in [4.69, 9.17) is 0 Å². The lowest BCUT2D eigenvalue weighted by atomic mass is 9.58. The maximum absolute atomic E-state index is 12.6. The fraction of sp³-hybridized carbons (Fsp3) is 0.217. The summed E-state index contributed by atoms with van der Waals surface area (Å²) in [5.74, 6) is -0.364. The average molecular weight is 445 g/mol. The van der Waals surface area contributed by atoms with E-state index in [0.717, 1.165) is 33.2 Å². The van der Waals surface area contributed by atoms with Gasteiger partial charge in [0.25, 0.3) is 0 Å². The van der Waals surface area contributed by atoms with Crippen LogP contribution in [0.25, 0.3) is 11.1 Å². The zero-order valence-electron chi connectivity index (χ0n) is 17.5. The normalized spacial score (nSPS) is 12.0. The van der Waals surface area contributed by atoms with Crippen LogP contribution in [-0.4, -0.2) is 21.2 Å². The van der Waals surface area contributed by atoms with Gasteiger partial charge in [0, 0.05) is 0 Å². The zero-order valence-corrected chi connectivity index (χ0v) is 18.4. The molecule has 3 aromatic carbocycles. The molecule has 3 rings (SSSR count). The number of rotatable bonds is 5. The van der Waals surface area contributed by atoms with Gasteiger partial charge in [0.2, 0.25) is 0 Å². The Hall–Kier alpha value is -2.74. The molecule has 0 heterocycles. The highest BCUT2D eigenvalue weighted by molar-refractivity contribution is 7.88. The van der Waals surface area contributed by atoms with Crippen LogP contribution < -0.4 is 15.1 Å². The first-order valence-electron chi connectivity index (χ1n) is 9.52. The third-order valence-electron chi connectivity index (χ3n) is 5.05. The second-order valence-electron chi connectivity index (χ2n) is 7.49. The predicted molar refractivity (Wildman–Crippen MR) is 118 cm³/mol. The summed E-state index contributed by atoms with van der Waals surface area (Å²) in [6.07, 6.45) is 0. The molecule has 161 valence electrons. The molecule has 3 nitrogen and oxygen atoms in total. The van der Waals surface area contributed by atoms with Gasteiger partial charge in [0.15, 0.2) is 7.28 Å². The number of alkyl halides is 3. The molecule has 0 aromatic heterocycles. The lowest BCUT2D eigenvalue weighted by Crippen LogP contribution is -2.35. The number of halogens is 3. The van der Waals surface area contributed by atoms with Crippen molar-refractivity contribution in [3.05, 3.63) is 76.9 Å². The summed E-state index contributed by atoms with van der Waals surface area (Å²) < 4.78 is 64.7. The highest BCUT2D eigenvalue weighted by atomic mass is 32.2. The van der Waals surface area contributed by atoms with Crippen molar-refractivity contribution in [2.24, 2.45) is 0 Å². The molecule has 0 aliphatic rings. The number of aryl methyl sites for hydroxylation is 4. The maximum atomic E-state index is 12.6. The standard InChI is InChI=1S/C23H21BF3O3S/c1-14-10-19(18-8-6-5-7-9-18)11-15(2)21(14)24-22-16(3)12-20(13-17(22)4)30-31(28,29)23(25,26)27/h5-13H,1-4H3. The molecule has 0 aliphatic carbocycles. The first-order chi connectivity index (χ1) is 14.4. The van der Waals surface area contributed by atoms with Gasteiger partial charge in [-0.3, -0.25) is 0 Å². The molecule has 0 saturated heterocycles. The van der Waals surface area contributed by atoms with E-state index < -0.39 is 15.6 Å². The molecular weight excluding hydrogens is 424 g/mol. The van der Waals surface area contributed by atoms with Crippen molar-refractivity contribution < 1.29 is 25.8 Å². The SMILES string of the molecule is Cc1cc(OS(=O)(=O)C(F)(F)F)cc(C)c1[B]c1c(C)cc(-c2ccccc2)cc1C. The van der Waals surface area contributed by atoms with Crippen molar-refractivity contribution in [1.29, 1.82) is 0 Å². The molecule has 0 amide bonds. The zero-order chi connectivity index (χ0) is 23.0. The van der Waals surface area contributed by atoms with Crippen molar-refractivity contribution in [3.8, 4) is 16.9 Å². The summed E-state index contributed by atoms with van der Waals surface area (Å²) >= 11 is 0. The van der Waals surface area contributed by atoms with Gasteiger partial charge < -0.3 is 4.18 Å². The van der Waals surface area contributed by atoms with Crippen LogP contribution in [0.4, 0.5) is 13.2 Å². The molecule has 0 bridgehead atoms. The Morgan fingerprint density at radius 2 is 1.19 bits per heavy atom. The van der Waals surface area contributed by atoms with E-state index in [1.807, 2.05) is 51.5 Å². The predicted octanol–water partition coefficient (Wildman–Crippen LogP) is 4.47. The van der Waals surface area contributed by atoms with Crippen LogP contribution >= 0.6 is 0 Å². The van der Waals surface area contributed by atoms with Crippen molar-refractivity contribution in [1.82, 2.24) is 0 Å². The molecule has 8 heteroatoms. The van der Waals surface area contributed by atoms with E-state index in [9.17, 15) is 21.6 Å². The Morgan fingerprint density at radius 1 is 0.742 bits per heavy atom. The molecule has 0 aliphatic heterocycles. The summed E-state index contributed by atoms with van der Waals surface area (Å²) in [5, 5.41) is 0. The summed E-state index contributed by atoms with van der Waals surface area (Å²) in [7, 11) is -3.75. The van der Waals surface area contributed by atoms with E-state index in [0.29, 0.717) is 11.1 Å². The third kappa shape index (κ3) is 4.96. The fourth-order valence-corrected chi connectivity index (χ4v) is 3.97. The lowest BCUT2D eigenvalue weighted by molar-refractivity contribution is -0.0500. The van der Waals surface area contributed by atoms with Gasteiger partial charge in [-0.2, -0.15) is 21.6 Å². The van der Waals surface area contributed by atoms with E-state index in [2.05, 4.69) is 16.3 Å². The van der Waals surface area contributed by atoms with E-state index in [1.165, 1.54) is 12.1 Å². The molecule has 0 atom stereocenters. The van der Waals surface area contributed by atoms with Gasteiger partial charge in [0.1, 0.15) is 5.75 Å². The van der Waals surface area contributed by atoms with E-state index in [-0.39, 0.29) is 5.75 Å². The molecule has 1 radical (unpaired) electrons. The summed E-state index contributed by atoms with van der Waals surface area (Å²) in [6.45, 7) is 7.41. The first kappa shape index (κ1) is 22.9. The minimum atomic E-state index is -5.71. The molecule has 0 N–H and O–H groups in total. The highest BCUT2D eigenvalue weighted by Crippen LogP contribution is 2.27. The Balaban J connectivity index is 1.93. The van der Waals surface area contributed by atoms with Crippen LogP contribution in [0.5, 0.6) is 5.75 Å². The molecule has 0 saturated carbocycles. The smallest absolute Gasteiger partial charge is 0.376 e. The van der Waals surface area contributed by atoms with Gasteiger partial charge in [-0.25, -0.2) is 0 Å². The van der Waals surface area contributed by atoms with E-state index in [1.54, 1.807) is 13.8 Å². The number of hydrogen-bond acceptors (Lipinski definition) is 3. The van der Waals surface area contributed by atoms with E-state index >= 15 is 0 Å². The molecule has 0 unspecified atom stereocenters.